The molecule has 0 saturated heterocycles. The normalized spacial score (nSPS) is 33.0. The van der Waals surface area contributed by atoms with Crippen LogP contribution in [0, 0.1) is 16.7 Å². The minimum Gasteiger partial charge on any atom is -0.382 e. The molecule has 0 aromatic heterocycles. The predicted molar refractivity (Wildman–Crippen MR) is 86.5 cm³/mol. The summed E-state index contributed by atoms with van der Waals surface area (Å²) in [7, 11) is 1.66. The number of rotatable bonds is 3. The summed E-state index contributed by atoms with van der Waals surface area (Å²) in [5, 5.41) is 6.37. The van der Waals surface area contributed by atoms with Gasteiger partial charge in [-0.15, -0.1) is 0 Å². The average molecular weight is 286 g/mol. The fourth-order valence-corrected chi connectivity index (χ4v) is 4.49. The molecule has 1 amide bonds. The molecule has 3 heteroatoms. The first-order chi connectivity index (χ1) is 9.88. The van der Waals surface area contributed by atoms with E-state index in [1.54, 1.807) is 7.05 Å². The first-order valence-corrected chi connectivity index (χ1v) is 7.97. The summed E-state index contributed by atoms with van der Waals surface area (Å²) < 4.78 is 0. The van der Waals surface area contributed by atoms with Gasteiger partial charge in [0.15, 0.2) is 0 Å². The second kappa shape index (κ2) is 4.75. The van der Waals surface area contributed by atoms with Crippen LogP contribution in [0.25, 0.3) is 0 Å². The molecule has 3 unspecified atom stereocenters. The van der Waals surface area contributed by atoms with Gasteiger partial charge in [0.1, 0.15) is 0 Å². The zero-order valence-electron chi connectivity index (χ0n) is 13.5. The minimum atomic E-state index is -0.0328. The highest BCUT2D eigenvalue weighted by atomic mass is 16.1. The van der Waals surface area contributed by atoms with Crippen LogP contribution in [-0.4, -0.2) is 19.0 Å². The van der Waals surface area contributed by atoms with Crippen LogP contribution in [0.3, 0.4) is 0 Å². The van der Waals surface area contributed by atoms with Crippen LogP contribution in [0.4, 0.5) is 5.69 Å². The molecule has 3 rings (SSSR count). The number of nitrogens with one attached hydrogen (secondary N) is 2. The molecule has 114 valence electrons. The van der Waals surface area contributed by atoms with Crippen molar-refractivity contribution in [2.75, 3.05) is 12.4 Å². The number of amides is 1. The number of carbonyl (C=O) groups is 1. The molecule has 0 spiro atoms. The van der Waals surface area contributed by atoms with Gasteiger partial charge >= 0.3 is 0 Å². The molecule has 21 heavy (non-hydrogen) atoms. The maximum absolute atomic E-state index is 11.6. The first-order valence-electron chi connectivity index (χ1n) is 7.97. The van der Waals surface area contributed by atoms with E-state index in [-0.39, 0.29) is 5.91 Å². The highest BCUT2D eigenvalue weighted by molar-refractivity contribution is 5.94. The standard InChI is InChI=1S/C18H26N2O/c1-17(2)13-9-10-18(17,3)15(11-13)20-14-7-5-12(6-8-14)16(21)19-4/h5-8,13,15,20H,9-11H2,1-4H3,(H,19,21). The molecule has 0 radical (unpaired) electrons. The lowest BCUT2D eigenvalue weighted by Crippen LogP contribution is -2.40. The van der Waals surface area contributed by atoms with Crippen molar-refractivity contribution in [2.24, 2.45) is 16.7 Å². The molecular weight excluding hydrogens is 260 g/mol. The summed E-state index contributed by atoms with van der Waals surface area (Å²) in [6.07, 6.45) is 3.96. The van der Waals surface area contributed by atoms with Crippen molar-refractivity contribution in [3.05, 3.63) is 29.8 Å². The van der Waals surface area contributed by atoms with Crippen molar-refractivity contribution in [3.8, 4) is 0 Å². The van der Waals surface area contributed by atoms with Gasteiger partial charge in [-0.1, -0.05) is 20.8 Å². The van der Waals surface area contributed by atoms with E-state index in [4.69, 9.17) is 0 Å². The molecule has 1 aromatic carbocycles. The maximum Gasteiger partial charge on any atom is 0.251 e. The van der Waals surface area contributed by atoms with Gasteiger partial charge < -0.3 is 10.6 Å². The van der Waals surface area contributed by atoms with Crippen molar-refractivity contribution in [3.63, 3.8) is 0 Å². The summed E-state index contributed by atoms with van der Waals surface area (Å²) >= 11 is 0. The van der Waals surface area contributed by atoms with E-state index in [0.29, 0.717) is 22.4 Å². The molecule has 0 heterocycles. The van der Waals surface area contributed by atoms with Gasteiger partial charge in [0, 0.05) is 24.3 Å². The minimum absolute atomic E-state index is 0.0328. The number of fused-ring (bicyclic) bond motifs is 2. The molecule has 2 aliphatic carbocycles. The van der Waals surface area contributed by atoms with Crippen LogP contribution < -0.4 is 10.6 Å². The number of hydrogen-bond acceptors (Lipinski definition) is 2. The lowest BCUT2D eigenvalue weighted by Gasteiger charge is -2.40. The van der Waals surface area contributed by atoms with E-state index in [1.165, 1.54) is 19.3 Å². The Morgan fingerprint density at radius 3 is 2.33 bits per heavy atom. The Morgan fingerprint density at radius 2 is 1.86 bits per heavy atom. The van der Waals surface area contributed by atoms with E-state index in [2.05, 4.69) is 31.4 Å². The highest BCUT2D eigenvalue weighted by Gasteiger charge is 2.61. The van der Waals surface area contributed by atoms with Crippen molar-refractivity contribution in [1.82, 2.24) is 5.32 Å². The van der Waals surface area contributed by atoms with Crippen LogP contribution in [0.1, 0.15) is 50.4 Å². The van der Waals surface area contributed by atoms with Crippen LogP contribution in [0.15, 0.2) is 24.3 Å². The summed E-state index contributed by atoms with van der Waals surface area (Å²) in [4.78, 5) is 11.6. The summed E-state index contributed by atoms with van der Waals surface area (Å²) in [6.45, 7) is 7.30. The van der Waals surface area contributed by atoms with Crippen molar-refractivity contribution < 1.29 is 4.79 Å². The second-order valence-corrected chi connectivity index (χ2v) is 7.46. The largest absolute Gasteiger partial charge is 0.382 e. The van der Waals surface area contributed by atoms with Gasteiger partial charge in [-0.25, -0.2) is 0 Å². The fourth-order valence-electron chi connectivity index (χ4n) is 4.49. The number of anilines is 1. The molecule has 3 nitrogen and oxygen atoms in total. The molecule has 2 N–H and O–H groups in total. The second-order valence-electron chi connectivity index (χ2n) is 7.46. The Kier molecular flexibility index (Phi) is 3.27. The number of carbonyl (C=O) groups excluding carboxylic acids is 1. The number of benzene rings is 1. The van der Waals surface area contributed by atoms with Crippen LogP contribution in [-0.2, 0) is 0 Å². The van der Waals surface area contributed by atoms with E-state index in [1.807, 2.05) is 24.3 Å². The van der Waals surface area contributed by atoms with Crippen molar-refractivity contribution in [1.29, 1.82) is 0 Å². The fraction of sp³-hybridized carbons (Fsp3) is 0.611. The third-order valence-corrected chi connectivity index (χ3v) is 6.51. The summed E-state index contributed by atoms with van der Waals surface area (Å²) in [5.74, 6) is 0.805. The van der Waals surface area contributed by atoms with Crippen LogP contribution in [0.5, 0.6) is 0 Å². The third-order valence-electron chi connectivity index (χ3n) is 6.51. The quantitative estimate of drug-likeness (QED) is 0.890. The van der Waals surface area contributed by atoms with Gasteiger partial charge in [0.2, 0.25) is 0 Å². The lowest BCUT2D eigenvalue weighted by molar-refractivity contribution is 0.0963. The van der Waals surface area contributed by atoms with E-state index < -0.39 is 0 Å². The Labute approximate surface area is 127 Å². The van der Waals surface area contributed by atoms with Gasteiger partial charge in [0.25, 0.3) is 5.91 Å². The van der Waals surface area contributed by atoms with Crippen LogP contribution >= 0.6 is 0 Å². The molecule has 2 aliphatic rings. The first kappa shape index (κ1) is 14.4. The molecule has 2 bridgehead atoms. The maximum atomic E-state index is 11.6. The third kappa shape index (κ3) is 2.05. The van der Waals surface area contributed by atoms with Crippen LogP contribution in [0.2, 0.25) is 0 Å². The Hall–Kier alpha value is -1.51. The summed E-state index contributed by atoms with van der Waals surface area (Å²) in [6, 6.07) is 8.36. The Bertz CT molecular complexity index is 549. The number of hydrogen-bond donors (Lipinski definition) is 2. The SMILES string of the molecule is CNC(=O)c1ccc(NC2CC3CCC2(C)C3(C)C)cc1. The summed E-state index contributed by atoms with van der Waals surface area (Å²) in [5.41, 5.74) is 2.63. The predicted octanol–water partition coefficient (Wildman–Crippen LogP) is 3.67. The van der Waals surface area contributed by atoms with E-state index in [0.717, 1.165) is 11.6 Å². The Morgan fingerprint density at radius 1 is 1.19 bits per heavy atom. The monoisotopic (exact) mass is 286 g/mol. The van der Waals surface area contributed by atoms with E-state index >= 15 is 0 Å². The van der Waals surface area contributed by atoms with Gasteiger partial charge in [-0.2, -0.15) is 0 Å². The zero-order chi connectivity index (χ0) is 15.3. The zero-order valence-corrected chi connectivity index (χ0v) is 13.5. The van der Waals surface area contributed by atoms with Gasteiger partial charge in [-0.05, 0) is 60.3 Å². The molecule has 0 aliphatic heterocycles. The smallest absolute Gasteiger partial charge is 0.251 e. The van der Waals surface area contributed by atoms with E-state index in [9.17, 15) is 4.79 Å². The molecule has 3 atom stereocenters. The van der Waals surface area contributed by atoms with Gasteiger partial charge in [-0.3, -0.25) is 4.79 Å². The van der Waals surface area contributed by atoms with Gasteiger partial charge in [0.05, 0.1) is 0 Å². The molecule has 2 fully saturated rings. The van der Waals surface area contributed by atoms with Crippen molar-refractivity contribution >= 4 is 11.6 Å². The highest BCUT2D eigenvalue weighted by Crippen LogP contribution is 2.65. The molecular formula is C18H26N2O. The topological polar surface area (TPSA) is 41.1 Å². The lowest BCUT2D eigenvalue weighted by atomic mass is 9.69. The molecule has 2 saturated carbocycles. The average Bonchev–Trinajstić information content (AvgIpc) is 2.80. The molecule has 1 aromatic rings. The Balaban J connectivity index is 1.75. The van der Waals surface area contributed by atoms with Crippen molar-refractivity contribution in [2.45, 2.75) is 46.1 Å².